The number of ketones is 1. The highest BCUT2D eigenvalue weighted by Gasteiger charge is 2.70. The zero-order chi connectivity index (χ0) is 27.9. The van der Waals surface area contributed by atoms with Gasteiger partial charge in [0.1, 0.15) is 23.3 Å². The number of Topliss-reactive ketones (excluding diaryl/α,β-unsaturated/α-hetero) is 1. The molecular weight excluding hydrogens is 508 g/mol. The first-order valence-corrected chi connectivity index (χ1v) is 13.2. The van der Waals surface area contributed by atoms with Crippen LogP contribution in [0.15, 0.2) is 42.5 Å². The first-order valence-electron chi connectivity index (χ1n) is 12.8. The number of amides is 1. The average molecular weight is 544 g/mol. The van der Waals surface area contributed by atoms with E-state index in [2.05, 4.69) is 5.32 Å². The summed E-state index contributed by atoms with van der Waals surface area (Å²) in [5, 5.41) is 14.7. The molecule has 2 aromatic carbocycles. The Balaban J connectivity index is 2.14. The summed E-state index contributed by atoms with van der Waals surface area (Å²) < 4.78 is 11.4. The van der Waals surface area contributed by atoms with E-state index in [1.807, 2.05) is 45.0 Å². The number of methoxy groups -OCH3 is 1. The van der Waals surface area contributed by atoms with Gasteiger partial charge in [0.25, 0.3) is 0 Å². The molecule has 0 saturated carbocycles. The number of quaternary nitrogens is 1. The van der Waals surface area contributed by atoms with E-state index in [1.165, 1.54) is 6.92 Å². The summed E-state index contributed by atoms with van der Waals surface area (Å²) in [6.07, 6.45) is -0.650. The third-order valence-electron chi connectivity index (χ3n) is 7.77. The number of piperidine rings is 1. The van der Waals surface area contributed by atoms with Crippen molar-refractivity contribution in [3.8, 4) is 5.75 Å². The van der Waals surface area contributed by atoms with Crippen molar-refractivity contribution in [1.29, 1.82) is 0 Å². The highest BCUT2D eigenvalue weighted by Crippen LogP contribution is 2.51. The molecule has 0 spiro atoms. The lowest BCUT2D eigenvalue weighted by atomic mass is 9.70. The van der Waals surface area contributed by atoms with E-state index in [4.69, 9.17) is 21.1 Å². The molecule has 1 saturated heterocycles. The van der Waals surface area contributed by atoms with Crippen LogP contribution in [-0.2, 0) is 19.1 Å². The number of fused-ring (bicyclic) bond motifs is 1. The van der Waals surface area contributed by atoms with Crippen LogP contribution in [0.25, 0.3) is 0 Å². The Morgan fingerprint density at radius 3 is 2.55 bits per heavy atom. The van der Waals surface area contributed by atoms with Crippen molar-refractivity contribution in [2.45, 2.75) is 45.8 Å². The highest BCUT2D eigenvalue weighted by atomic mass is 35.5. The summed E-state index contributed by atoms with van der Waals surface area (Å²) in [6.45, 7) is 7.64. The number of nitrogens with zero attached hydrogens (tertiary/aromatic N) is 1. The number of hydrogen-bond donors (Lipinski definition) is 2. The molecule has 8 nitrogen and oxygen atoms in total. The number of carbonyl (C=O) groups excluding carboxylic acids is 2. The first-order chi connectivity index (χ1) is 17.9. The van der Waals surface area contributed by atoms with Crippen molar-refractivity contribution in [2.75, 3.05) is 33.4 Å². The smallest absolute Gasteiger partial charge is 0.367 e. The summed E-state index contributed by atoms with van der Waals surface area (Å²) in [6, 6.07) is 12.5. The van der Waals surface area contributed by atoms with Crippen LogP contribution in [0.5, 0.6) is 5.75 Å². The second kappa shape index (κ2) is 10.4. The molecule has 2 aromatic rings. The summed E-state index contributed by atoms with van der Waals surface area (Å²) in [5.41, 5.74) is -0.481. The number of aliphatic carboxylic acids is 1. The van der Waals surface area contributed by atoms with E-state index < -0.39 is 39.3 Å². The van der Waals surface area contributed by atoms with Crippen molar-refractivity contribution in [1.82, 2.24) is 9.80 Å². The molecule has 1 fully saturated rings. The molecule has 4 rings (SSSR count). The number of ether oxygens (including phenoxy) is 2. The minimum absolute atomic E-state index is 0.0930. The van der Waals surface area contributed by atoms with E-state index in [-0.39, 0.29) is 31.9 Å². The maximum Gasteiger partial charge on any atom is 0.367 e. The lowest BCUT2D eigenvalue weighted by Gasteiger charge is -2.54. The first kappa shape index (κ1) is 28.2. The Bertz CT molecular complexity index is 1260. The van der Waals surface area contributed by atoms with E-state index >= 15 is 0 Å². The largest absolute Gasteiger partial charge is 0.496 e. The van der Waals surface area contributed by atoms with E-state index in [1.54, 1.807) is 25.3 Å². The molecule has 1 amide bonds. The number of nitrogens with one attached hydrogen (secondary N) is 1. The monoisotopic (exact) mass is 543 g/mol. The molecule has 0 bridgehead atoms. The maximum atomic E-state index is 14.6. The fraction of sp³-hybridized carbons (Fsp3) is 0.483. The third-order valence-corrected chi connectivity index (χ3v) is 8.00. The number of carboxylic acids is 1. The van der Waals surface area contributed by atoms with Gasteiger partial charge in [-0.1, -0.05) is 50.6 Å². The lowest BCUT2D eigenvalue weighted by Crippen LogP contribution is -2.80. The molecule has 2 N–H and O–H groups in total. The Morgan fingerprint density at radius 2 is 1.92 bits per heavy atom. The molecule has 0 aliphatic carbocycles. The summed E-state index contributed by atoms with van der Waals surface area (Å²) in [4.78, 5) is 41.2. The van der Waals surface area contributed by atoms with Gasteiger partial charge in [0.15, 0.2) is 6.61 Å². The van der Waals surface area contributed by atoms with Crippen LogP contribution in [0.1, 0.15) is 51.3 Å². The SMILES string of the molecule is COc1ccccc1C1OCC(=O)[N@@+](CC(C)(C)C)([C@@]2(C(=O)O)CCNC[C@@H]2C(C)=O)c2ccc(Cl)cc21. The van der Waals surface area contributed by atoms with Crippen LogP contribution in [0, 0.1) is 11.3 Å². The van der Waals surface area contributed by atoms with Gasteiger partial charge in [0.05, 0.1) is 19.6 Å². The van der Waals surface area contributed by atoms with Gasteiger partial charge in [0.2, 0.25) is 5.54 Å². The van der Waals surface area contributed by atoms with Crippen LogP contribution in [-0.4, -0.2) is 61.7 Å². The van der Waals surface area contributed by atoms with Crippen LogP contribution in [0.2, 0.25) is 5.02 Å². The standard InChI is InChI=1S/C29H35ClN2O6/c1-18(33)22-15-31-13-12-29(22,27(35)36)32(17-28(2,3)4)23-11-10-19(30)14-21(23)26(38-16-25(32)34)20-8-6-7-9-24(20)37-5/h6-11,14,22,26,31H,12-13,15-17H2,1-5H3/p+1/t22-,26?,29+,32+/m1/s1. The Hall–Kier alpha value is -2.78. The lowest BCUT2D eigenvalue weighted by molar-refractivity contribution is -0.170. The molecular formula is C29H36ClN2O6+. The van der Waals surface area contributed by atoms with Crippen LogP contribution in [0.3, 0.4) is 0 Å². The molecule has 1 unspecified atom stereocenters. The van der Waals surface area contributed by atoms with Crippen LogP contribution < -0.4 is 14.5 Å². The van der Waals surface area contributed by atoms with Gasteiger partial charge in [-0.05, 0) is 25.1 Å². The van der Waals surface area contributed by atoms with Crippen molar-refractivity contribution < 1.29 is 29.0 Å². The second-order valence-electron chi connectivity index (χ2n) is 11.4. The Morgan fingerprint density at radius 1 is 1.21 bits per heavy atom. The van der Waals surface area contributed by atoms with E-state index in [0.29, 0.717) is 34.1 Å². The van der Waals surface area contributed by atoms with Gasteiger partial charge in [-0.2, -0.15) is 0 Å². The number of hydrogen-bond acceptors (Lipinski definition) is 6. The van der Waals surface area contributed by atoms with Gasteiger partial charge in [0, 0.05) is 47.1 Å². The fourth-order valence-corrected chi connectivity index (χ4v) is 6.58. The second-order valence-corrected chi connectivity index (χ2v) is 11.8. The molecule has 9 heteroatoms. The molecule has 0 radical (unpaired) electrons. The van der Waals surface area contributed by atoms with Crippen molar-refractivity contribution in [3.05, 3.63) is 58.6 Å². The Labute approximate surface area is 228 Å². The molecule has 204 valence electrons. The number of carboxylic acid groups (broad SMARTS) is 1. The fourth-order valence-electron chi connectivity index (χ4n) is 6.40. The predicted molar refractivity (Wildman–Crippen MR) is 145 cm³/mol. The zero-order valence-electron chi connectivity index (χ0n) is 22.5. The highest BCUT2D eigenvalue weighted by molar-refractivity contribution is 6.30. The zero-order valence-corrected chi connectivity index (χ0v) is 23.3. The summed E-state index contributed by atoms with van der Waals surface area (Å²) in [5.74, 6) is -2.22. The van der Waals surface area contributed by atoms with Crippen LogP contribution >= 0.6 is 11.6 Å². The number of para-hydroxylation sites is 1. The minimum atomic E-state index is -1.75. The van der Waals surface area contributed by atoms with Gasteiger partial charge >= 0.3 is 11.9 Å². The van der Waals surface area contributed by atoms with Crippen molar-refractivity contribution in [2.24, 2.45) is 11.3 Å². The predicted octanol–water partition coefficient (Wildman–Crippen LogP) is 4.37. The van der Waals surface area contributed by atoms with E-state index in [0.717, 1.165) is 0 Å². The van der Waals surface area contributed by atoms with Crippen LogP contribution in [0.4, 0.5) is 5.69 Å². The van der Waals surface area contributed by atoms with Gasteiger partial charge in [-0.25, -0.2) is 14.1 Å². The number of halogens is 1. The molecule has 2 heterocycles. The maximum absolute atomic E-state index is 14.6. The Kier molecular flexibility index (Phi) is 7.74. The molecule has 2 aliphatic heterocycles. The van der Waals surface area contributed by atoms with Crippen molar-refractivity contribution >= 4 is 34.9 Å². The number of rotatable bonds is 6. The molecule has 38 heavy (non-hydrogen) atoms. The molecule has 4 atom stereocenters. The number of benzene rings is 2. The van der Waals surface area contributed by atoms with Gasteiger partial charge < -0.3 is 19.9 Å². The van der Waals surface area contributed by atoms with Crippen molar-refractivity contribution in [3.63, 3.8) is 0 Å². The third kappa shape index (κ3) is 4.53. The minimum Gasteiger partial charge on any atom is -0.496 e. The normalized spacial score (nSPS) is 27.8. The van der Waals surface area contributed by atoms with Gasteiger partial charge in [-0.15, -0.1) is 0 Å². The average Bonchev–Trinajstić information content (AvgIpc) is 2.97. The van der Waals surface area contributed by atoms with Gasteiger partial charge in [-0.3, -0.25) is 4.79 Å². The number of carbonyl (C=O) groups is 3. The van der Waals surface area contributed by atoms with E-state index in [9.17, 15) is 19.5 Å². The topological polar surface area (TPSA) is 102 Å². The summed E-state index contributed by atoms with van der Waals surface area (Å²) in [7, 11) is 1.56. The summed E-state index contributed by atoms with van der Waals surface area (Å²) >= 11 is 6.52. The molecule has 2 aliphatic rings. The quantitative estimate of drug-likeness (QED) is 0.522. The molecule has 0 aromatic heterocycles.